The molecule has 100 valence electrons. The van der Waals surface area contributed by atoms with Crippen LogP contribution in [0.15, 0.2) is 24.3 Å². The highest BCUT2D eigenvalue weighted by molar-refractivity contribution is 5.92. The third-order valence-corrected chi connectivity index (χ3v) is 3.19. The van der Waals surface area contributed by atoms with Crippen LogP contribution >= 0.6 is 0 Å². The predicted octanol–water partition coefficient (Wildman–Crippen LogP) is 4.36. The Labute approximate surface area is 111 Å². The normalized spacial score (nSPS) is 13.2. The zero-order valence-corrected chi connectivity index (χ0v) is 12.2. The number of nitrogens with one attached hydrogen (secondary N) is 1. The summed E-state index contributed by atoms with van der Waals surface area (Å²) in [5.41, 5.74) is 2.32. The minimum atomic E-state index is 0.0808. The first-order valence-electron chi connectivity index (χ1n) is 6.76. The van der Waals surface area contributed by atoms with Crippen LogP contribution in [0.5, 0.6) is 0 Å². The van der Waals surface area contributed by atoms with Crippen LogP contribution in [0.3, 0.4) is 0 Å². The Kier molecular flexibility index (Phi) is 4.94. The highest BCUT2D eigenvalue weighted by atomic mass is 16.1. The molecule has 0 radical (unpaired) electrons. The lowest BCUT2D eigenvalue weighted by molar-refractivity contribution is -0.119. The Morgan fingerprint density at radius 3 is 2.22 bits per heavy atom. The molecular formula is C16H25NO. The Morgan fingerprint density at radius 1 is 1.22 bits per heavy atom. The Morgan fingerprint density at radius 2 is 1.78 bits per heavy atom. The standard InChI is InChI=1S/C16H25NO/c1-6-7-12(2)15(18)17-14-10-8-13(9-11-14)16(3,4)5/h8-12H,6-7H2,1-5H3,(H,17,18). The number of hydrogen-bond acceptors (Lipinski definition) is 1. The molecular weight excluding hydrogens is 222 g/mol. The Bertz CT molecular complexity index is 387. The molecule has 0 saturated heterocycles. The number of carbonyl (C=O) groups excluding carboxylic acids is 1. The lowest BCUT2D eigenvalue weighted by Gasteiger charge is -2.19. The third-order valence-electron chi connectivity index (χ3n) is 3.19. The number of benzene rings is 1. The number of rotatable bonds is 4. The summed E-state index contributed by atoms with van der Waals surface area (Å²) in [6.07, 6.45) is 1.98. The van der Waals surface area contributed by atoms with E-state index in [4.69, 9.17) is 0 Å². The fraction of sp³-hybridized carbons (Fsp3) is 0.562. The summed E-state index contributed by atoms with van der Waals surface area (Å²) in [5.74, 6) is 0.192. The van der Waals surface area contributed by atoms with Crippen LogP contribution in [0.4, 0.5) is 5.69 Å². The maximum atomic E-state index is 11.9. The molecule has 2 heteroatoms. The van der Waals surface area contributed by atoms with Gasteiger partial charge in [-0.1, -0.05) is 53.2 Å². The molecule has 1 N–H and O–H groups in total. The minimum Gasteiger partial charge on any atom is -0.326 e. The van der Waals surface area contributed by atoms with Gasteiger partial charge in [-0.25, -0.2) is 0 Å². The zero-order valence-electron chi connectivity index (χ0n) is 12.2. The molecule has 1 aromatic carbocycles. The van der Waals surface area contributed by atoms with Gasteiger partial charge in [-0.15, -0.1) is 0 Å². The van der Waals surface area contributed by atoms with Crippen molar-refractivity contribution in [2.24, 2.45) is 5.92 Å². The predicted molar refractivity (Wildman–Crippen MR) is 77.8 cm³/mol. The van der Waals surface area contributed by atoms with Crippen molar-refractivity contribution in [3.05, 3.63) is 29.8 Å². The summed E-state index contributed by atoms with van der Waals surface area (Å²) >= 11 is 0. The van der Waals surface area contributed by atoms with E-state index < -0.39 is 0 Å². The molecule has 2 nitrogen and oxygen atoms in total. The molecule has 0 heterocycles. The van der Waals surface area contributed by atoms with E-state index in [1.54, 1.807) is 0 Å². The van der Waals surface area contributed by atoms with E-state index in [1.807, 2.05) is 19.1 Å². The van der Waals surface area contributed by atoms with Crippen LogP contribution in [0.1, 0.15) is 53.0 Å². The Hall–Kier alpha value is -1.31. The van der Waals surface area contributed by atoms with Crippen LogP contribution in [-0.4, -0.2) is 5.91 Å². The van der Waals surface area contributed by atoms with E-state index in [2.05, 4.69) is 45.1 Å². The van der Waals surface area contributed by atoms with E-state index in [1.165, 1.54) is 5.56 Å². The monoisotopic (exact) mass is 247 g/mol. The highest BCUT2D eigenvalue weighted by Gasteiger charge is 2.14. The van der Waals surface area contributed by atoms with Gasteiger partial charge in [0.1, 0.15) is 0 Å². The van der Waals surface area contributed by atoms with Gasteiger partial charge in [0, 0.05) is 11.6 Å². The smallest absolute Gasteiger partial charge is 0.227 e. The maximum absolute atomic E-state index is 11.9. The SMILES string of the molecule is CCCC(C)C(=O)Nc1ccc(C(C)(C)C)cc1. The molecule has 0 aliphatic heterocycles. The molecule has 1 rings (SSSR count). The molecule has 0 aliphatic rings. The first-order valence-corrected chi connectivity index (χ1v) is 6.76. The molecule has 0 bridgehead atoms. The van der Waals surface area contributed by atoms with Gasteiger partial charge in [0.15, 0.2) is 0 Å². The molecule has 0 fully saturated rings. The van der Waals surface area contributed by atoms with E-state index in [9.17, 15) is 4.79 Å². The largest absolute Gasteiger partial charge is 0.326 e. The van der Waals surface area contributed by atoms with E-state index >= 15 is 0 Å². The number of amides is 1. The van der Waals surface area contributed by atoms with Crippen molar-refractivity contribution in [2.45, 2.75) is 52.9 Å². The van der Waals surface area contributed by atoms with Crippen LogP contribution in [0.25, 0.3) is 0 Å². The average Bonchev–Trinajstić information content (AvgIpc) is 2.28. The van der Waals surface area contributed by atoms with Crippen molar-refractivity contribution in [1.29, 1.82) is 0 Å². The van der Waals surface area contributed by atoms with Crippen molar-refractivity contribution in [3.63, 3.8) is 0 Å². The fourth-order valence-electron chi connectivity index (χ4n) is 1.88. The van der Waals surface area contributed by atoms with Gasteiger partial charge in [0.2, 0.25) is 5.91 Å². The van der Waals surface area contributed by atoms with Crippen molar-refractivity contribution in [1.82, 2.24) is 0 Å². The van der Waals surface area contributed by atoms with Crippen molar-refractivity contribution in [2.75, 3.05) is 5.32 Å². The van der Waals surface area contributed by atoms with Crippen LogP contribution in [-0.2, 0) is 10.2 Å². The average molecular weight is 247 g/mol. The summed E-state index contributed by atoms with van der Waals surface area (Å²) in [7, 11) is 0. The molecule has 1 aromatic rings. The molecule has 1 unspecified atom stereocenters. The van der Waals surface area contributed by atoms with Gasteiger partial charge in [-0.3, -0.25) is 4.79 Å². The maximum Gasteiger partial charge on any atom is 0.227 e. The third kappa shape index (κ3) is 4.17. The van der Waals surface area contributed by atoms with Crippen LogP contribution in [0, 0.1) is 5.92 Å². The summed E-state index contributed by atoms with van der Waals surface area (Å²) in [6, 6.07) is 8.13. The van der Waals surface area contributed by atoms with Crippen molar-refractivity contribution in [3.8, 4) is 0 Å². The first-order chi connectivity index (χ1) is 8.34. The number of hydrogen-bond donors (Lipinski definition) is 1. The van der Waals surface area contributed by atoms with Crippen molar-refractivity contribution < 1.29 is 4.79 Å². The quantitative estimate of drug-likeness (QED) is 0.841. The second kappa shape index (κ2) is 6.03. The zero-order chi connectivity index (χ0) is 13.8. The molecule has 0 aromatic heterocycles. The van der Waals surface area contributed by atoms with Gasteiger partial charge in [0.05, 0.1) is 0 Å². The topological polar surface area (TPSA) is 29.1 Å². The second-order valence-electron chi connectivity index (χ2n) is 6.01. The van der Waals surface area contributed by atoms with Gasteiger partial charge in [0.25, 0.3) is 0 Å². The summed E-state index contributed by atoms with van der Waals surface area (Å²) < 4.78 is 0. The lowest BCUT2D eigenvalue weighted by atomic mass is 9.87. The number of anilines is 1. The fourth-order valence-corrected chi connectivity index (χ4v) is 1.88. The molecule has 0 aliphatic carbocycles. The van der Waals surface area contributed by atoms with E-state index in [-0.39, 0.29) is 17.2 Å². The van der Waals surface area contributed by atoms with Gasteiger partial charge in [-0.2, -0.15) is 0 Å². The molecule has 0 saturated carbocycles. The molecule has 18 heavy (non-hydrogen) atoms. The molecule has 0 spiro atoms. The Balaban J connectivity index is 2.67. The van der Waals surface area contributed by atoms with Crippen molar-refractivity contribution >= 4 is 11.6 Å². The highest BCUT2D eigenvalue weighted by Crippen LogP contribution is 2.23. The summed E-state index contributed by atoms with van der Waals surface area (Å²) in [5, 5.41) is 2.97. The lowest BCUT2D eigenvalue weighted by Crippen LogP contribution is -2.20. The van der Waals surface area contributed by atoms with Crippen LogP contribution in [0.2, 0.25) is 0 Å². The van der Waals surface area contributed by atoms with Crippen LogP contribution < -0.4 is 5.32 Å². The summed E-state index contributed by atoms with van der Waals surface area (Å²) in [6.45, 7) is 10.6. The molecule has 1 amide bonds. The summed E-state index contributed by atoms with van der Waals surface area (Å²) in [4.78, 5) is 11.9. The first kappa shape index (κ1) is 14.7. The van der Waals surface area contributed by atoms with E-state index in [0.717, 1.165) is 18.5 Å². The molecule has 1 atom stereocenters. The second-order valence-corrected chi connectivity index (χ2v) is 6.01. The minimum absolute atomic E-state index is 0.0808. The van der Waals surface area contributed by atoms with Gasteiger partial charge < -0.3 is 5.32 Å². The van der Waals surface area contributed by atoms with Gasteiger partial charge >= 0.3 is 0 Å². The van der Waals surface area contributed by atoms with E-state index in [0.29, 0.717) is 0 Å². The number of carbonyl (C=O) groups is 1. The van der Waals surface area contributed by atoms with Gasteiger partial charge in [-0.05, 0) is 29.5 Å².